The Morgan fingerprint density at radius 1 is 1.07 bits per heavy atom. The van der Waals surface area contributed by atoms with Crippen molar-refractivity contribution in [3.63, 3.8) is 0 Å². The molecule has 0 atom stereocenters. The zero-order valence-electron chi connectivity index (χ0n) is 16.3. The van der Waals surface area contributed by atoms with E-state index in [-0.39, 0.29) is 5.56 Å². The summed E-state index contributed by atoms with van der Waals surface area (Å²) in [4.78, 5) is 18.1. The van der Waals surface area contributed by atoms with E-state index >= 15 is 0 Å². The molecule has 28 heavy (non-hydrogen) atoms. The van der Waals surface area contributed by atoms with E-state index in [4.69, 9.17) is 9.47 Å². The van der Waals surface area contributed by atoms with Crippen LogP contribution >= 0.6 is 11.3 Å². The molecule has 146 valence electrons. The first kappa shape index (κ1) is 19.9. The molecular formula is C22H24N2O3S. The Bertz CT molecular complexity index is 1060. The predicted octanol–water partition coefficient (Wildman–Crippen LogP) is 4.10. The lowest BCUT2D eigenvalue weighted by Crippen LogP contribution is -2.32. The molecule has 0 spiro atoms. The summed E-state index contributed by atoms with van der Waals surface area (Å²) in [6.07, 6.45) is 0. The van der Waals surface area contributed by atoms with Crippen LogP contribution in [0.5, 0.6) is 11.5 Å². The fourth-order valence-corrected chi connectivity index (χ4v) is 3.88. The Morgan fingerprint density at radius 2 is 1.86 bits per heavy atom. The van der Waals surface area contributed by atoms with Gasteiger partial charge in [-0.15, -0.1) is 11.3 Å². The molecule has 3 aromatic rings. The van der Waals surface area contributed by atoms with Crippen molar-refractivity contribution in [2.75, 3.05) is 13.7 Å². The Balaban J connectivity index is 1.94. The van der Waals surface area contributed by atoms with Gasteiger partial charge in [0.1, 0.15) is 6.61 Å². The van der Waals surface area contributed by atoms with Gasteiger partial charge in [0.2, 0.25) is 0 Å². The number of aromatic nitrogens is 1. The maximum absolute atomic E-state index is 12.9. The van der Waals surface area contributed by atoms with Crippen LogP contribution in [0.15, 0.2) is 63.7 Å². The molecule has 0 radical (unpaired) electrons. The lowest BCUT2D eigenvalue weighted by Gasteiger charge is -2.13. The molecule has 0 amide bonds. The van der Waals surface area contributed by atoms with Crippen LogP contribution in [0, 0.1) is 0 Å². The highest BCUT2D eigenvalue weighted by atomic mass is 32.1. The number of benzene rings is 2. The second-order valence-electron chi connectivity index (χ2n) is 6.10. The van der Waals surface area contributed by atoms with Crippen LogP contribution in [0.4, 0.5) is 0 Å². The van der Waals surface area contributed by atoms with Gasteiger partial charge in [-0.05, 0) is 37.1 Å². The molecule has 2 aromatic carbocycles. The zero-order valence-corrected chi connectivity index (χ0v) is 17.2. The Kier molecular flexibility index (Phi) is 6.66. The molecule has 0 aliphatic rings. The van der Waals surface area contributed by atoms with Crippen LogP contribution in [-0.4, -0.2) is 18.2 Å². The minimum atomic E-state index is -0.0477. The molecule has 3 rings (SSSR count). The van der Waals surface area contributed by atoms with Gasteiger partial charge in [0.25, 0.3) is 5.56 Å². The Morgan fingerprint density at radius 3 is 2.54 bits per heavy atom. The van der Waals surface area contributed by atoms with Gasteiger partial charge in [0, 0.05) is 18.5 Å². The van der Waals surface area contributed by atoms with Gasteiger partial charge in [-0.1, -0.05) is 36.4 Å². The number of rotatable bonds is 7. The van der Waals surface area contributed by atoms with Crippen molar-refractivity contribution in [3.05, 3.63) is 74.6 Å². The fraction of sp³-hybridized carbons (Fsp3) is 0.273. The summed E-state index contributed by atoms with van der Waals surface area (Å²) in [6.45, 7) is 5.60. The van der Waals surface area contributed by atoms with Crippen LogP contribution in [0.1, 0.15) is 19.4 Å². The number of ether oxygens (including phenoxy) is 2. The minimum Gasteiger partial charge on any atom is -0.493 e. The van der Waals surface area contributed by atoms with Crippen molar-refractivity contribution in [2.24, 2.45) is 4.99 Å². The first-order chi connectivity index (χ1) is 13.7. The summed E-state index contributed by atoms with van der Waals surface area (Å²) in [5.41, 5.74) is 2.47. The van der Waals surface area contributed by atoms with Crippen molar-refractivity contribution >= 4 is 11.3 Å². The fourth-order valence-electron chi connectivity index (χ4n) is 2.88. The molecule has 0 N–H and O–H groups in total. The monoisotopic (exact) mass is 396 g/mol. The summed E-state index contributed by atoms with van der Waals surface area (Å²) >= 11 is 1.47. The average Bonchev–Trinajstić information content (AvgIpc) is 2.73. The van der Waals surface area contributed by atoms with Crippen LogP contribution < -0.4 is 19.8 Å². The molecule has 0 fully saturated rings. The van der Waals surface area contributed by atoms with E-state index in [1.54, 1.807) is 11.7 Å². The topological polar surface area (TPSA) is 52.8 Å². The van der Waals surface area contributed by atoms with E-state index in [0.717, 1.165) is 15.9 Å². The number of methoxy groups -OCH3 is 1. The minimum absolute atomic E-state index is 0.0477. The van der Waals surface area contributed by atoms with Crippen molar-refractivity contribution in [1.82, 2.24) is 4.57 Å². The van der Waals surface area contributed by atoms with Crippen molar-refractivity contribution < 1.29 is 9.47 Å². The smallest absolute Gasteiger partial charge is 0.261 e. The van der Waals surface area contributed by atoms with Gasteiger partial charge in [0.05, 0.1) is 12.7 Å². The maximum Gasteiger partial charge on any atom is 0.261 e. The highest BCUT2D eigenvalue weighted by Gasteiger charge is 2.12. The largest absolute Gasteiger partial charge is 0.493 e. The maximum atomic E-state index is 12.9. The van der Waals surface area contributed by atoms with Gasteiger partial charge in [-0.25, -0.2) is 0 Å². The first-order valence-electron chi connectivity index (χ1n) is 9.26. The third-order valence-corrected chi connectivity index (χ3v) is 5.22. The molecule has 0 aliphatic heterocycles. The van der Waals surface area contributed by atoms with Crippen molar-refractivity contribution in [2.45, 2.75) is 27.0 Å². The SMILES string of the molecule is CCN=c1scc(-c2ccc(OCc3ccccc3)c(OC)c2)c(=O)n1CC. The number of nitrogens with zero attached hydrogens (tertiary/aromatic N) is 2. The third-order valence-electron chi connectivity index (χ3n) is 4.31. The molecule has 1 heterocycles. The summed E-state index contributed by atoms with van der Waals surface area (Å²) in [5, 5.41) is 1.86. The molecule has 1 aromatic heterocycles. The van der Waals surface area contributed by atoms with E-state index in [1.165, 1.54) is 11.3 Å². The molecule has 0 saturated carbocycles. The molecule has 6 heteroatoms. The van der Waals surface area contributed by atoms with Crippen molar-refractivity contribution in [1.29, 1.82) is 0 Å². The van der Waals surface area contributed by atoms with Crippen LogP contribution in [0.25, 0.3) is 11.1 Å². The standard InChI is InChI=1S/C22H24N2O3S/c1-4-23-22-24(5-2)21(25)18(15-28-22)17-11-12-19(20(13-17)26-3)27-14-16-9-7-6-8-10-16/h6-13,15H,4-5,14H2,1-3H3. The van der Waals surface area contributed by atoms with Crippen LogP contribution in [0.3, 0.4) is 0 Å². The highest BCUT2D eigenvalue weighted by Crippen LogP contribution is 2.32. The second kappa shape index (κ2) is 9.37. The van der Waals surface area contributed by atoms with Gasteiger partial charge in [-0.3, -0.25) is 14.4 Å². The zero-order chi connectivity index (χ0) is 19.9. The number of hydrogen-bond acceptors (Lipinski definition) is 5. The van der Waals surface area contributed by atoms with E-state index in [0.29, 0.717) is 36.8 Å². The molecule has 0 aliphatic carbocycles. The Labute approximate surface area is 168 Å². The summed E-state index contributed by atoms with van der Waals surface area (Å²) in [6, 6.07) is 15.5. The average molecular weight is 397 g/mol. The molecule has 0 unspecified atom stereocenters. The molecular weight excluding hydrogens is 372 g/mol. The van der Waals surface area contributed by atoms with Gasteiger partial charge >= 0.3 is 0 Å². The summed E-state index contributed by atoms with van der Waals surface area (Å²) in [5.74, 6) is 1.25. The van der Waals surface area contributed by atoms with E-state index in [9.17, 15) is 4.79 Å². The van der Waals surface area contributed by atoms with E-state index in [2.05, 4.69) is 4.99 Å². The predicted molar refractivity (Wildman–Crippen MR) is 113 cm³/mol. The Hall–Kier alpha value is -2.86. The normalized spacial score (nSPS) is 11.5. The van der Waals surface area contributed by atoms with Crippen LogP contribution in [-0.2, 0) is 13.2 Å². The third kappa shape index (κ3) is 4.34. The summed E-state index contributed by atoms with van der Waals surface area (Å²) < 4.78 is 13.1. The quantitative estimate of drug-likeness (QED) is 0.604. The first-order valence-corrected chi connectivity index (χ1v) is 10.1. The molecule has 5 nitrogen and oxygen atoms in total. The van der Waals surface area contributed by atoms with Gasteiger partial charge in [-0.2, -0.15) is 0 Å². The number of hydrogen-bond donors (Lipinski definition) is 0. The van der Waals surface area contributed by atoms with Gasteiger partial charge in [0.15, 0.2) is 16.3 Å². The van der Waals surface area contributed by atoms with Crippen LogP contribution in [0.2, 0.25) is 0 Å². The van der Waals surface area contributed by atoms with Gasteiger partial charge < -0.3 is 9.47 Å². The van der Waals surface area contributed by atoms with Crippen molar-refractivity contribution in [3.8, 4) is 22.6 Å². The molecule has 0 saturated heterocycles. The lowest BCUT2D eigenvalue weighted by atomic mass is 10.1. The van der Waals surface area contributed by atoms with E-state index in [1.807, 2.05) is 67.8 Å². The molecule has 0 bridgehead atoms. The van der Waals surface area contributed by atoms with E-state index < -0.39 is 0 Å². The highest BCUT2D eigenvalue weighted by molar-refractivity contribution is 7.07. The summed E-state index contributed by atoms with van der Waals surface area (Å²) in [7, 11) is 1.60. The second-order valence-corrected chi connectivity index (χ2v) is 6.93. The lowest BCUT2D eigenvalue weighted by molar-refractivity contribution is 0.284.